The molecule has 1 saturated heterocycles. The van der Waals surface area contributed by atoms with Gasteiger partial charge in [-0.1, -0.05) is 45.4 Å². The van der Waals surface area contributed by atoms with Crippen LogP contribution in [0, 0.1) is 5.82 Å². The molecule has 1 aromatic carbocycles. The van der Waals surface area contributed by atoms with Gasteiger partial charge in [-0.3, -0.25) is 28.7 Å². The monoisotopic (exact) mass is 774 g/mol. The number of unbranched alkanes of at least 4 members (excludes halogenated alkanes) is 6. The van der Waals surface area contributed by atoms with Crippen molar-refractivity contribution in [3.05, 3.63) is 74.5 Å². The number of amides is 2. The minimum absolute atomic E-state index is 0.0129. The number of aromatic nitrogens is 2. The van der Waals surface area contributed by atoms with Gasteiger partial charge in [-0.15, -0.1) is 0 Å². The molecule has 0 spiro atoms. The van der Waals surface area contributed by atoms with Crippen molar-refractivity contribution in [3.63, 3.8) is 0 Å². The number of nitrogens with one attached hydrogen (secondary N) is 2. The molecule has 2 aromatic rings. The first kappa shape index (κ1) is 42.1. The number of halogens is 4. The molecule has 1 aromatic heterocycles. The zero-order valence-electron chi connectivity index (χ0n) is 29.3. The van der Waals surface area contributed by atoms with Crippen molar-refractivity contribution in [2.75, 3.05) is 12.4 Å². The van der Waals surface area contributed by atoms with Gasteiger partial charge in [0.1, 0.15) is 30.2 Å². The van der Waals surface area contributed by atoms with Crippen molar-refractivity contribution >= 4 is 23.5 Å². The Bertz CT molecular complexity index is 1780. The average Bonchev–Trinajstić information content (AvgIpc) is 3.45. The maximum Gasteiger partial charge on any atom is 0.419 e. The van der Waals surface area contributed by atoms with E-state index in [1.54, 1.807) is 0 Å². The molecule has 8 atom stereocenters. The summed E-state index contributed by atoms with van der Waals surface area (Å²) in [6, 6.07) is 2.61. The Morgan fingerprint density at radius 3 is 2.37 bits per heavy atom. The van der Waals surface area contributed by atoms with Gasteiger partial charge in [0.15, 0.2) is 24.2 Å². The largest absolute Gasteiger partial charge is 0.456 e. The molecule has 20 heteroatoms. The van der Waals surface area contributed by atoms with Crippen LogP contribution in [0.2, 0.25) is 0 Å². The lowest BCUT2D eigenvalue weighted by atomic mass is 10.0. The van der Waals surface area contributed by atoms with Crippen LogP contribution in [0.5, 0.6) is 0 Å². The highest BCUT2D eigenvalue weighted by Gasteiger charge is 2.54. The number of primary amides is 1. The van der Waals surface area contributed by atoms with Gasteiger partial charge in [0.2, 0.25) is 12.2 Å². The van der Waals surface area contributed by atoms with Gasteiger partial charge < -0.3 is 44.9 Å². The van der Waals surface area contributed by atoms with Crippen molar-refractivity contribution in [1.82, 2.24) is 9.55 Å². The first-order chi connectivity index (χ1) is 25.5. The van der Waals surface area contributed by atoms with Gasteiger partial charge in [0.05, 0.1) is 5.56 Å². The number of nitrogens with two attached hydrogens (primary N) is 1. The number of benzene rings is 1. The highest BCUT2D eigenvalue weighted by atomic mass is 19.4. The zero-order valence-corrected chi connectivity index (χ0v) is 29.3. The number of methoxy groups -OCH3 is 1. The van der Waals surface area contributed by atoms with Gasteiger partial charge in [-0.2, -0.15) is 13.2 Å². The van der Waals surface area contributed by atoms with Crippen LogP contribution in [0.4, 0.5) is 23.2 Å². The molecule has 0 bridgehead atoms. The Hall–Kier alpha value is -4.63. The maximum absolute atomic E-state index is 13.8. The number of aliphatic hydroxyl groups excluding tert-OH is 2. The van der Waals surface area contributed by atoms with E-state index in [9.17, 15) is 51.7 Å². The van der Waals surface area contributed by atoms with Crippen LogP contribution in [0.25, 0.3) is 0 Å². The van der Waals surface area contributed by atoms with Crippen molar-refractivity contribution in [2.45, 2.75) is 114 Å². The first-order valence-corrected chi connectivity index (χ1v) is 17.1. The Morgan fingerprint density at radius 1 is 1.06 bits per heavy atom. The van der Waals surface area contributed by atoms with Crippen LogP contribution in [0.1, 0.15) is 70.1 Å². The Labute approximate surface area is 305 Å². The first-order valence-electron chi connectivity index (χ1n) is 17.1. The van der Waals surface area contributed by atoms with Gasteiger partial charge in [0.25, 0.3) is 11.5 Å². The number of alkyl halides is 3. The fourth-order valence-corrected chi connectivity index (χ4v) is 5.94. The number of carbonyl (C=O) groups excluding carboxylic acids is 3. The van der Waals surface area contributed by atoms with Crippen molar-refractivity contribution < 1.29 is 65.8 Å². The van der Waals surface area contributed by atoms with Crippen LogP contribution in [0.15, 0.2) is 51.9 Å². The molecular formula is C34H42F4N4O12. The van der Waals surface area contributed by atoms with E-state index in [1.807, 2.05) is 4.98 Å². The second-order valence-electron chi connectivity index (χ2n) is 12.6. The fourth-order valence-electron chi connectivity index (χ4n) is 5.94. The molecule has 6 N–H and O–H groups in total. The molecule has 298 valence electrons. The maximum atomic E-state index is 13.8. The van der Waals surface area contributed by atoms with E-state index in [2.05, 4.69) is 12.2 Å². The number of hydrogen-bond acceptors (Lipinski definition) is 12. The predicted molar refractivity (Wildman–Crippen MR) is 178 cm³/mol. The normalized spacial score (nSPS) is 24.7. The van der Waals surface area contributed by atoms with E-state index >= 15 is 0 Å². The van der Waals surface area contributed by atoms with Crippen LogP contribution in [0.3, 0.4) is 0 Å². The number of aliphatic hydroxyl groups is 2. The Balaban J connectivity index is 1.55. The fraction of sp³-hybridized carbons (Fsp3) is 0.559. The minimum atomic E-state index is -5.09. The van der Waals surface area contributed by atoms with Crippen LogP contribution in [-0.2, 0) is 44.2 Å². The molecular weight excluding hydrogens is 732 g/mol. The highest BCUT2D eigenvalue weighted by molar-refractivity contribution is 6.02. The SMILES string of the molecule is CCCCCCCCCC(=O)O[C@@H]1[C@H](OC)[C@@H](C(O[C@H]2OC(C(=O)Nc3ccc(F)c(C(F)(F)F)c3)=C[C@H](O)[C@@H]2O)C(N)=O)O[C@H]1n1ccc(=O)[nH]c1=O. The summed E-state index contributed by atoms with van der Waals surface area (Å²) in [6.07, 6.45) is -10.9. The van der Waals surface area contributed by atoms with E-state index in [4.69, 9.17) is 29.4 Å². The number of H-pyrrole nitrogens is 1. The number of esters is 1. The third-order valence-corrected chi connectivity index (χ3v) is 8.68. The predicted octanol–water partition coefficient (Wildman–Crippen LogP) is 2.13. The second kappa shape index (κ2) is 18.6. The summed E-state index contributed by atoms with van der Waals surface area (Å²) in [5, 5.41) is 23.2. The summed E-state index contributed by atoms with van der Waals surface area (Å²) >= 11 is 0. The summed E-state index contributed by atoms with van der Waals surface area (Å²) in [6.45, 7) is 2.10. The smallest absolute Gasteiger partial charge is 0.419 e. The highest BCUT2D eigenvalue weighted by Crippen LogP contribution is 2.37. The molecule has 0 radical (unpaired) electrons. The molecule has 3 heterocycles. The van der Waals surface area contributed by atoms with Crippen molar-refractivity contribution in [1.29, 1.82) is 0 Å². The van der Waals surface area contributed by atoms with Gasteiger partial charge in [-0.25, -0.2) is 9.18 Å². The second-order valence-corrected chi connectivity index (χ2v) is 12.6. The standard InChI is InChI=1S/C34H42F4N4O12/c1-3-4-5-6-7-8-9-10-23(45)52-28-25(50-2)26(53-31(28)42-14-13-22(44)41-33(42)49)27(29(39)47)54-32-24(46)20(43)16-21(51-32)30(48)40-17-11-12-19(35)18(15-17)34(36,37)38/h11-16,20,24-28,31-32,43,46H,3-10H2,1-2H3,(H2,39,47)(H,40,48)(H,41,44,49)/t20-,24-,25+,26-,27?,28+,31+,32+/m0/s1. The topological polar surface area (TPSA) is 231 Å². The molecule has 4 rings (SSSR count). The summed E-state index contributed by atoms with van der Waals surface area (Å²) < 4.78 is 82.6. The number of hydrogen-bond donors (Lipinski definition) is 5. The van der Waals surface area contributed by atoms with Gasteiger partial charge in [0, 0.05) is 31.5 Å². The quantitative estimate of drug-likeness (QED) is 0.0885. The van der Waals surface area contributed by atoms with E-state index in [0.29, 0.717) is 24.6 Å². The van der Waals surface area contributed by atoms with Crippen LogP contribution in [-0.4, -0.2) is 87.6 Å². The molecule has 2 aliphatic rings. The van der Waals surface area contributed by atoms with Crippen molar-refractivity contribution in [2.24, 2.45) is 5.73 Å². The molecule has 0 saturated carbocycles. The van der Waals surface area contributed by atoms with Gasteiger partial charge in [-0.05, 0) is 30.7 Å². The Morgan fingerprint density at radius 2 is 1.74 bits per heavy atom. The molecule has 1 unspecified atom stereocenters. The molecule has 54 heavy (non-hydrogen) atoms. The number of aromatic amines is 1. The molecule has 2 aliphatic heterocycles. The van der Waals surface area contributed by atoms with Gasteiger partial charge >= 0.3 is 17.8 Å². The number of ether oxygens (including phenoxy) is 5. The molecule has 2 amide bonds. The summed E-state index contributed by atoms with van der Waals surface area (Å²) in [4.78, 5) is 65.5. The molecule has 16 nitrogen and oxygen atoms in total. The van der Waals surface area contributed by atoms with E-state index in [0.717, 1.165) is 68.5 Å². The third-order valence-electron chi connectivity index (χ3n) is 8.68. The molecule has 0 aliphatic carbocycles. The summed E-state index contributed by atoms with van der Waals surface area (Å²) in [5.41, 5.74) is 1.74. The van der Waals surface area contributed by atoms with E-state index in [-0.39, 0.29) is 6.42 Å². The number of nitrogens with zero attached hydrogens (tertiary/aromatic N) is 1. The lowest BCUT2D eigenvalue weighted by Crippen LogP contribution is -2.54. The average molecular weight is 775 g/mol. The number of anilines is 1. The number of rotatable bonds is 17. The van der Waals surface area contributed by atoms with E-state index in [1.165, 1.54) is 0 Å². The van der Waals surface area contributed by atoms with Crippen LogP contribution >= 0.6 is 0 Å². The zero-order chi connectivity index (χ0) is 39.7. The minimum Gasteiger partial charge on any atom is -0.456 e. The summed E-state index contributed by atoms with van der Waals surface area (Å²) in [5.74, 6) is -5.62. The number of carbonyl (C=O) groups is 3. The third kappa shape index (κ3) is 10.5. The van der Waals surface area contributed by atoms with Crippen LogP contribution < -0.4 is 22.3 Å². The molecule has 1 fully saturated rings. The Kier molecular flexibility index (Phi) is 14.5. The van der Waals surface area contributed by atoms with E-state index < -0.39 is 107 Å². The summed E-state index contributed by atoms with van der Waals surface area (Å²) in [7, 11) is 1.16. The lowest BCUT2D eigenvalue weighted by molar-refractivity contribution is -0.241. The van der Waals surface area contributed by atoms with Crippen molar-refractivity contribution in [3.8, 4) is 0 Å². The lowest BCUT2D eigenvalue weighted by Gasteiger charge is -2.35.